The van der Waals surface area contributed by atoms with E-state index in [0.717, 1.165) is 0 Å². The van der Waals surface area contributed by atoms with E-state index >= 15 is 0 Å². The van der Waals surface area contributed by atoms with E-state index in [1.54, 1.807) is 20.8 Å². The van der Waals surface area contributed by atoms with Gasteiger partial charge >= 0.3 is 6.09 Å². The van der Waals surface area contributed by atoms with Crippen LogP contribution >= 0.6 is 0 Å². The molecule has 2 amide bonds. The zero-order valence-corrected chi connectivity index (χ0v) is 12.1. The lowest BCUT2D eigenvalue weighted by molar-refractivity contribution is -0.117. The smallest absolute Gasteiger partial charge is 0.408 e. The third-order valence-electron chi connectivity index (χ3n) is 2.21. The monoisotopic (exact) mass is 284 g/mol. The molecular formula is C12H20N4O4. The molecule has 1 heterocycles. The van der Waals surface area contributed by atoms with Gasteiger partial charge in [0.25, 0.3) is 0 Å². The summed E-state index contributed by atoms with van der Waals surface area (Å²) < 4.78 is 10.4. The maximum absolute atomic E-state index is 11.7. The molecule has 3 N–H and O–H groups in total. The van der Waals surface area contributed by atoms with Crippen LogP contribution in [0, 0.1) is 0 Å². The van der Waals surface area contributed by atoms with Gasteiger partial charge < -0.3 is 20.2 Å². The predicted molar refractivity (Wildman–Crippen MR) is 69.6 cm³/mol. The second-order valence-corrected chi connectivity index (χ2v) is 5.28. The summed E-state index contributed by atoms with van der Waals surface area (Å²) in [6, 6.07) is -0.473. The molecule has 0 unspecified atom stereocenters. The number of amides is 2. The Labute approximate surface area is 117 Å². The Bertz CT molecular complexity index is 478. The lowest BCUT2D eigenvalue weighted by atomic mass is 10.2. The number of hydrogen-bond acceptors (Lipinski definition) is 6. The minimum atomic E-state index is -0.589. The van der Waals surface area contributed by atoms with Gasteiger partial charge in [0, 0.05) is 0 Å². The van der Waals surface area contributed by atoms with E-state index in [0.29, 0.717) is 6.42 Å². The number of hydrogen-bond donors (Lipinski definition) is 2. The van der Waals surface area contributed by atoms with E-state index in [2.05, 4.69) is 15.5 Å². The fourth-order valence-corrected chi connectivity index (χ4v) is 1.42. The minimum absolute atomic E-state index is 0.122. The van der Waals surface area contributed by atoms with Crippen molar-refractivity contribution in [2.75, 3.05) is 0 Å². The van der Waals surface area contributed by atoms with Crippen LogP contribution in [0.2, 0.25) is 0 Å². The molecule has 1 aromatic rings. The Hall–Kier alpha value is -2.12. The number of nitrogens with two attached hydrogens (primary N) is 1. The average Bonchev–Trinajstić information content (AvgIpc) is 2.70. The number of nitrogens with one attached hydrogen (secondary N) is 1. The van der Waals surface area contributed by atoms with E-state index in [1.165, 1.54) is 0 Å². The van der Waals surface area contributed by atoms with E-state index in [9.17, 15) is 9.59 Å². The molecule has 0 aliphatic carbocycles. The molecule has 0 fully saturated rings. The quantitative estimate of drug-likeness (QED) is 0.834. The third kappa shape index (κ3) is 5.25. The van der Waals surface area contributed by atoms with Crippen molar-refractivity contribution in [2.24, 2.45) is 5.73 Å². The maximum Gasteiger partial charge on any atom is 0.408 e. The summed E-state index contributed by atoms with van der Waals surface area (Å²) in [5.41, 5.74) is 4.45. The van der Waals surface area contributed by atoms with E-state index in [1.807, 2.05) is 6.92 Å². The molecule has 0 aliphatic heterocycles. The molecule has 1 aromatic heterocycles. The van der Waals surface area contributed by atoms with Gasteiger partial charge in [-0.3, -0.25) is 4.79 Å². The first-order valence-electron chi connectivity index (χ1n) is 6.31. The molecule has 112 valence electrons. The number of rotatable bonds is 5. The normalized spacial score (nSPS) is 12.8. The molecule has 1 rings (SSSR count). The first-order valence-corrected chi connectivity index (χ1v) is 6.31. The number of ether oxygens (including phenoxy) is 1. The Morgan fingerprint density at radius 1 is 1.40 bits per heavy atom. The average molecular weight is 284 g/mol. The van der Waals surface area contributed by atoms with Gasteiger partial charge in [0.15, 0.2) is 0 Å². The summed E-state index contributed by atoms with van der Waals surface area (Å²) in [7, 11) is 0. The maximum atomic E-state index is 11.7. The van der Waals surface area contributed by atoms with Crippen molar-refractivity contribution >= 4 is 12.0 Å². The summed E-state index contributed by atoms with van der Waals surface area (Å²) in [6.07, 6.45) is -0.160. The number of carbonyl (C=O) groups is 2. The van der Waals surface area contributed by atoms with Gasteiger partial charge in [-0.25, -0.2) is 4.79 Å². The molecule has 1 atom stereocenters. The third-order valence-corrected chi connectivity index (χ3v) is 2.21. The Morgan fingerprint density at radius 3 is 2.55 bits per heavy atom. The Kier molecular flexibility index (Phi) is 5.06. The lowest BCUT2D eigenvalue weighted by Crippen LogP contribution is -2.34. The number of nitrogens with zero attached hydrogens (tertiary/aromatic N) is 2. The molecule has 0 aliphatic rings. The van der Waals surface area contributed by atoms with E-state index in [4.69, 9.17) is 14.9 Å². The Balaban J connectivity index is 2.68. The summed E-state index contributed by atoms with van der Waals surface area (Å²) in [5.74, 6) is -0.222. The molecule has 8 nitrogen and oxygen atoms in total. The van der Waals surface area contributed by atoms with Crippen LogP contribution < -0.4 is 11.1 Å². The molecule has 0 radical (unpaired) electrons. The topological polar surface area (TPSA) is 120 Å². The highest BCUT2D eigenvalue weighted by atomic mass is 16.6. The van der Waals surface area contributed by atoms with Gasteiger partial charge in [-0.2, -0.15) is 0 Å². The van der Waals surface area contributed by atoms with E-state index < -0.39 is 23.6 Å². The van der Waals surface area contributed by atoms with E-state index in [-0.39, 0.29) is 18.2 Å². The van der Waals surface area contributed by atoms with Crippen molar-refractivity contribution in [3.05, 3.63) is 11.8 Å². The van der Waals surface area contributed by atoms with Crippen LogP contribution in [0.3, 0.4) is 0 Å². The molecule has 0 bridgehead atoms. The second-order valence-electron chi connectivity index (χ2n) is 5.28. The highest BCUT2D eigenvalue weighted by Crippen LogP contribution is 2.16. The standard InChI is InChI=1S/C12H20N4O4/c1-5-7(14-11(18)20-12(2,3)4)10-16-15-9(19-10)6-8(13)17/h7H,5-6H2,1-4H3,(H2,13,17)(H,14,18)/t7-/m0/s1. The lowest BCUT2D eigenvalue weighted by Gasteiger charge is -2.21. The molecular weight excluding hydrogens is 264 g/mol. The van der Waals surface area contributed by atoms with Crippen LogP contribution in [0.5, 0.6) is 0 Å². The summed E-state index contributed by atoms with van der Waals surface area (Å²) in [4.78, 5) is 22.4. The van der Waals surface area contributed by atoms with Crippen LogP contribution in [0.25, 0.3) is 0 Å². The zero-order chi connectivity index (χ0) is 15.3. The Morgan fingerprint density at radius 2 is 2.05 bits per heavy atom. The summed E-state index contributed by atoms with van der Waals surface area (Å²) in [5, 5.41) is 10.1. The van der Waals surface area contributed by atoms with Gasteiger partial charge in [-0.15, -0.1) is 10.2 Å². The molecule has 0 saturated heterocycles. The summed E-state index contributed by atoms with van der Waals surface area (Å²) in [6.45, 7) is 7.15. The summed E-state index contributed by atoms with van der Waals surface area (Å²) >= 11 is 0. The largest absolute Gasteiger partial charge is 0.444 e. The van der Waals surface area contributed by atoms with Crippen molar-refractivity contribution in [2.45, 2.75) is 52.2 Å². The number of alkyl carbamates (subject to hydrolysis) is 1. The molecule has 0 saturated carbocycles. The van der Waals surface area contributed by atoms with Crippen LogP contribution in [0.1, 0.15) is 51.9 Å². The first-order chi connectivity index (χ1) is 9.21. The first kappa shape index (κ1) is 15.9. The van der Waals surface area contributed by atoms with Crippen LogP contribution in [0.4, 0.5) is 4.79 Å². The van der Waals surface area contributed by atoms with Gasteiger partial charge in [0.05, 0.1) is 0 Å². The minimum Gasteiger partial charge on any atom is -0.444 e. The van der Waals surface area contributed by atoms with Gasteiger partial charge in [-0.05, 0) is 27.2 Å². The van der Waals surface area contributed by atoms with Gasteiger partial charge in [0.1, 0.15) is 18.1 Å². The fourth-order valence-electron chi connectivity index (χ4n) is 1.42. The highest BCUT2D eigenvalue weighted by molar-refractivity contribution is 5.75. The molecule has 20 heavy (non-hydrogen) atoms. The molecule has 8 heteroatoms. The van der Waals surface area contributed by atoms with Crippen LogP contribution in [-0.2, 0) is 16.0 Å². The van der Waals surface area contributed by atoms with Gasteiger partial charge in [0.2, 0.25) is 17.7 Å². The SMILES string of the molecule is CC[C@H](NC(=O)OC(C)(C)C)c1nnc(CC(N)=O)o1. The van der Waals surface area contributed by atoms with Crippen LogP contribution in [-0.4, -0.2) is 27.8 Å². The van der Waals surface area contributed by atoms with Crippen molar-refractivity contribution in [1.29, 1.82) is 0 Å². The predicted octanol–water partition coefficient (Wildman–Crippen LogP) is 1.07. The van der Waals surface area contributed by atoms with Crippen molar-refractivity contribution in [3.8, 4) is 0 Å². The van der Waals surface area contributed by atoms with Crippen LogP contribution in [0.15, 0.2) is 4.42 Å². The fraction of sp³-hybridized carbons (Fsp3) is 0.667. The van der Waals surface area contributed by atoms with Crippen molar-refractivity contribution in [1.82, 2.24) is 15.5 Å². The second kappa shape index (κ2) is 6.36. The van der Waals surface area contributed by atoms with Gasteiger partial charge in [-0.1, -0.05) is 6.92 Å². The zero-order valence-electron chi connectivity index (χ0n) is 12.1. The molecule has 0 aromatic carbocycles. The highest BCUT2D eigenvalue weighted by Gasteiger charge is 2.23. The van der Waals surface area contributed by atoms with Crippen molar-refractivity contribution < 1.29 is 18.7 Å². The number of carbonyl (C=O) groups excluding carboxylic acids is 2. The number of primary amides is 1. The molecule has 0 spiro atoms. The van der Waals surface area contributed by atoms with Crippen molar-refractivity contribution in [3.63, 3.8) is 0 Å². The number of aromatic nitrogens is 2.